The van der Waals surface area contributed by atoms with Gasteiger partial charge >= 0.3 is 23.9 Å². The summed E-state index contributed by atoms with van der Waals surface area (Å²) in [5.41, 5.74) is 4.21. The highest BCUT2D eigenvalue weighted by Crippen LogP contribution is 2.44. The summed E-state index contributed by atoms with van der Waals surface area (Å²) in [7, 11) is 0. The molecule has 4 aromatic carbocycles. The van der Waals surface area contributed by atoms with Crippen molar-refractivity contribution in [2.75, 3.05) is 11.9 Å². The summed E-state index contributed by atoms with van der Waals surface area (Å²) >= 11 is 0. The summed E-state index contributed by atoms with van der Waals surface area (Å²) in [6.07, 6.45) is 0.886. The minimum atomic E-state index is -1.12. The number of anilines is 1. The molecular weight excluding hydrogens is 522 g/mol. The first kappa shape index (κ1) is 27.3. The number of nitrogens with one attached hydrogen (secondary N) is 1. The van der Waals surface area contributed by atoms with Gasteiger partial charge in [-0.15, -0.1) is 0 Å². The first-order valence-corrected chi connectivity index (χ1v) is 13.2. The third kappa shape index (κ3) is 5.72. The molecule has 0 aromatic heterocycles. The van der Waals surface area contributed by atoms with E-state index in [1.807, 2.05) is 61.5 Å². The smallest absolute Gasteiger partial charge is 0.346 e. The van der Waals surface area contributed by atoms with E-state index in [1.165, 1.54) is 18.2 Å². The van der Waals surface area contributed by atoms with Crippen molar-refractivity contribution >= 4 is 29.6 Å². The van der Waals surface area contributed by atoms with Crippen molar-refractivity contribution in [3.63, 3.8) is 0 Å². The number of para-hydroxylation sites is 1. The molecule has 1 unspecified atom stereocenters. The van der Waals surface area contributed by atoms with Crippen molar-refractivity contribution in [1.82, 2.24) is 0 Å². The summed E-state index contributed by atoms with van der Waals surface area (Å²) in [6.45, 7) is 1.58. The number of benzene rings is 4. The van der Waals surface area contributed by atoms with Gasteiger partial charge in [0.05, 0.1) is 17.0 Å². The van der Waals surface area contributed by atoms with E-state index >= 15 is 0 Å². The molecule has 1 aliphatic carbocycles. The number of fused-ring (bicyclic) bond motifs is 3. The Bertz CT molecular complexity index is 1640. The minimum Gasteiger partial charge on any atom is -0.478 e. The van der Waals surface area contributed by atoms with Crippen molar-refractivity contribution in [2.24, 2.45) is 0 Å². The van der Waals surface area contributed by atoms with Crippen molar-refractivity contribution in [3.05, 3.63) is 119 Å². The molecule has 0 saturated heterocycles. The number of esters is 3. The molecule has 0 amide bonds. The molecule has 0 fully saturated rings. The number of rotatable bonds is 9. The Morgan fingerprint density at radius 1 is 0.854 bits per heavy atom. The molecule has 4 aromatic rings. The maximum atomic E-state index is 13.3. The molecule has 2 N–H and O–H groups in total. The third-order valence-corrected chi connectivity index (χ3v) is 7.04. The zero-order valence-corrected chi connectivity index (χ0v) is 22.3. The largest absolute Gasteiger partial charge is 0.478 e. The van der Waals surface area contributed by atoms with Crippen LogP contribution < -0.4 is 10.1 Å². The number of aromatic carboxylic acids is 1. The summed E-state index contributed by atoms with van der Waals surface area (Å²) in [5, 5.41) is 12.2. The standard InChI is InChI=1S/C33H27NO7/c1-2-22(20-10-4-3-5-11-20)32(38)41-33(39)25-16-17-28(26-18-21-12-6-7-13-23(21)30(25)26)40-29(35)19-34-27-15-9-8-14-24(27)31(36)37/h3-17,22,34H,2,18-19H2,1H3,(H,36,37). The quantitative estimate of drug-likeness (QED) is 0.134. The topological polar surface area (TPSA) is 119 Å². The number of carboxylic acids is 1. The normalized spacial score (nSPS) is 12.0. The number of carbonyl (C=O) groups excluding carboxylic acids is 3. The van der Waals surface area contributed by atoms with Gasteiger partial charge in [-0.1, -0.05) is 73.7 Å². The van der Waals surface area contributed by atoms with E-state index in [1.54, 1.807) is 18.2 Å². The second kappa shape index (κ2) is 11.9. The van der Waals surface area contributed by atoms with Crippen LogP contribution in [0.15, 0.2) is 91.0 Å². The van der Waals surface area contributed by atoms with Gasteiger partial charge in [0, 0.05) is 23.2 Å². The SMILES string of the molecule is CCC(C(=O)OC(=O)c1ccc(OC(=O)CNc2ccccc2C(=O)O)c2c1-c1ccccc1C2)c1ccccc1. The van der Waals surface area contributed by atoms with Crippen LogP contribution in [0.3, 0.4) is 0 Å². The molecule has 1 aliphatic rings. The number of hydrogen-bond acceptors (Lipinski definition) is 7. The van der Waals surface area contributed by atoms with E-state index < -0.39 is 29.8 Å². The molecule has 0 bridgehead atoms. The monoisotopic (exact) mass is 549 g/mol. The molecule has 0 radical (unpaired) electrons. The lowest BCUT2D eigenvalue weighted by atomic mass is 9.96. The number of carbonyl (C=O) groups is 4. The van der Waals surface area contributed by atoms with Gasteiger partial charge in [0.2, 0.25) is 0 Å². The first-order chi connectivity index (χ1) is 19.9. The van der Waals surface area contributed by atoms with Gasteiger partial charge in [0.15, 0.2) is 0 Å². The molecule has 8 heteroatoms. The fraction of sp³-hybridized carbons (Fsp3) is 0.152. The van der Waals surface area contributed by atoms with Crippen LogP contribution in [-0.2, 0) is 20.7 Å². The average molecular weight is 550 g/mol. The van der Waals surface area contributed by atoms with Crippen LogP contribution in [0, 0.1) is 0 Å². The lowest BCUT2D eigenvalue weighted by Crippen LogP contribution is -2.22. The van der Waals surface area contributed by atoms with E-state index in [-0.39, 0.29) is 23.4 Å². The molecule has 0 heterocycles. The molecule has 0 aliphatic heterocycles. The van der Waals surface area contributed by atoms with E-state index in [0.717, 1.165) is 16.7 Å². The lowest BCUT2D eigenvalue weighted by Gasteiger charge is -2.16. The summed E-state index contributed by atoms with van der Waals surface area (Å²) in [6, 6.07) is 26.0. The highest BCUT2D eigenvalue weighted by Gasteiger charge is 2.31. The highest BCUT2D eigenvalue weighted by atomic mass is 16.6. The third-order valence-electron chi connectivity index (χ3n) is 7.04. The molecule has 5 rings (SSSR count). The Morgan fingerprint density at radius 2 is 1.56 bits per heavy atom. The van der Waals surface area contributed by atoms with Crippen LogP contribution in [0.4, 0.5) is 5.69 Å². The van der Waals surface area contributed by atoms with Crippen LogP contribution in [0.2, 0.25) is 0 Å². The summed E-state index contributed by atoms with van der Waals surface area (Å²) in [4.78, 5) is 50.6. The Kier molecular flexibility index (Phi) is 7.92. The van der Waals surface area contributed by atoms with Crippen LogP contribution >= 0.6 is 0 Å². The van der Waals surface area contributed by atoms with E-state index in [4.69, 9.17) is 9.47 Å². The average Bonchev–Trinajstić information content (AvgIpc) is 3.37. The maximum Gasteiger partial charge on any atom is 0.346 e. The Balaban J connectivity index is 1.38. The van der Waals surface area contributed by atoms with E-state index in [2.05, 4.69) is 5.32 Å². The Labute approximate surface area is 236 Å². The van der Waals surface area contributed by atoms with Crippen molar-refractivity contribution in [1.29, 1.82) is 0 Å². The predicted molar refractivity (Wildman–Crippen MR) is 152 cm³/mol. The molecule has 206 valence electrons. The zero-order chi connectivity index (χ0) is 28.9. The van der Waals surface area contributed by atoms with Crippen LogP contribution in [0.1, 0.15) is 56.7 Å². The second-order valence-corrected chi connectivity index (χ2v) is 9.56. The predicted octanol–water partition coefficient (Wildman–Crippen LogP) is 5.85. The molecule has 41 heavy (non-hydrogen) atoms. The van der Waals surface area contributed by atoms with Gasteiger partial charge in [0.1, 0.15) is 12.3 Å². The van der Waals surface area contributed by atoms with Crippen LogP contribution in [0.5, 0.6) is 5.75 Å². The number of hydrogen-bond donors (Lipinski definition) is 2. The zero-order valence-electron chi connectivity index (χ0n) is 22.3. The van der Waals surface area contributed by atoms with Crippen molar-refractivity contribution in [3.8, 4) is 16.9 Å². The van der Waals surface area contributed by atoms with Gasteiger partial charge < -0.3 is 19.9 Å². The van der Waals surface area contributed by atoms with E-state index in [0.29, 0.717) is 29.7 Å². The maximum absolute atomic E-state index is 13.3. The van der Waals surface area contributed by atoms with Gasteiger partial charge in [-0.05, 0) is 47.4 Å². The van der Waals surface area contributed by atoms with Crippen molar-refractivity contribution in [2.45, 2.75) is 25.7 Å². The summed E-state index contributed by atoms with van der Waals surface area (Å²) in [5.74, 6) is -3.48. The number of ether oxygens (including phenoxy) is 2. The Morgan fingerprint density at radius 3 is 2.32 bits per heavy atom. The van der Waals surface area contributed by atoms with Crippen molar-refractivity contribution < 1.29 is 33.8 Å². The Hall–Kier alpha value is -5.24. The molecule has 8 nitrogen and oxygen atoms in total. The van der Waals surface area contributed by atoms with Gasteiger partial charge in [-0.3, -0.25) is 4.79 Å². The molecule has 0 saturated carbocycles. The summed E-state index contributed by atoms with van der Waals surface area (Å²) < 4.78 is 11.1. The van der Waals surface area contributed by atoms with Gasteiger partial charge in [0.25, 0.3) is 0 Å². The van der Waals surface area contributed by atoms with Crippen LogP contribution in [-0.4, -0.2) is 35.5 Å². The molecule has 0 spiro atoms. The van der Waals surface area contributed by atoms with Gasteiger partial charge in [-0.2, -0.15) is 0 Å². The fourth-order valence-electron chi connectivity index (χ4n) is 5.08. The fourth-order valence-corrected chi connectivity index (χ4v) is 5.08. The first-order valence-electron chi connectivity index (χ1n) is 13.2. The van der Waals surface area contributed by atoms with Gasteiger partial charge in [-0.25, -0.2) is 14.4 Å². The molecular formula is C33H27NO7. The number of carboxylic acid groups (broad SMARTS) is 1. The highest BCUT2D eigenvalue weighted by molar-refractivity contribution is 6.05. The van der Waals surface area contributed by atoms with E-state index in [9.17, 15) is 24.3 Å². The molecule has 1 atom stereocenters. The van der Waals surface area contributed by atoms with Crippen LogP contribution in [0.25, 0.3) is 11.1 Å². The second-order valence-electron chi connectivity index (χ2n) is 9.56. The lowest BCUT2D eigenvalue weighted by molar-refractivity contribution is -0.139. The minimum absolute atomic E-state index is 0.0339.